The molecule has 4 unspecified atom stereocenters. The topological polar surface area (TPSA) is 393 Å². The minimum absolute atomic E-state index is 0. The first kappa shape index (κ1) is 117. The number of nitrogens with zero attached hydrogens (tertiary/aromatic N) is 7. The smallest absolute Gasteiger partial charge is 0.353 e. The number of aromatic nitrogens is 4. The summed E-state index contributed by atoms with van der Waals surface area (Å²) in [6.07, 6.45) is 15.0. The molecule has 6 fully saturated rings. The van der Waals surface area contributed by atoms with E-state index < -0.39 is 93.9 Å². The van der Waals surface area contributed by atoms with Crippen LogP contribution in [0, 0.1) is 25.5 Å². The summed E-state index contributed by atoms with van der Waals surface area (Å²) in [6.45, 7) is 20.0. The Hall–Kier alpha value is -6.56. The monoisotopic (exact) mass is 2220 g/mol. The first-order valence-electron chi connectivity index (χ1n) is 43.3. The van der Waals surface area contributed by atoms with Gasteiger partial charge in [-0.2, -0.15) is 8.42 Å². The number of aromatic carboxylic acids is 3. The maximum absolute atomic E-state index is 14.7. The Labute approximate surface area is 864 Å². The molecule has 0 aliphatic carbocycles. The zero-order valence-corrected chi connectivity index (χ0v) is 88.9. The molecule has 0 radical (unpaired) electrons. The number of halogens is 14. The van der Waals surface area contributed by atoms with Crippen LogP contribution in [0.5, 0.6) is 0 Å². The van der Waals surface area contributed by atoms with Crippen LogP contribution in [0.3, 0.4) is 0 Å². The van der Waals surface area contributed by atoms with E-state index in [1.165, 1.54) is 105 Å². The number of carboxylic acids is 3. The summed E-state index contributed by atoms with van der Waals surface area (Å²) in [5, 5.41) is 28.9. The molecule has 4 bridgehead atoms. The lowest BCUT2D eigenvalue weighted by atomic mass is 9.70. The summed E-state index contributed by atoms with van der Waals surface area (Å²) < 4.78 is 135. The van der Waals surface area contributed by atoms with Crippen molar-refractivity contribution >= 4 is 223 Å². The lowest BCUT2D eigenvalue weighted by Crippen LogP contribution is -2.49. The van der Waals surface area contributed by atoms with E-state index in [4.69, 9.17) is 147 Å². The van der Waals surface area contributed by atoms with Crippen molar-refractivity contribution in [3.05, 3.63) is 249 Å². The highest BCUT2D eigenvalue weighted by Crippen LogP contribution is 2.49. The van der Waals surface area contributed by atoms with Gasteiger partial charge in [0.2, 0.25) is 20.0 Å². The zero-order chi connectivity index (χ0) is 100. The number of amides is 1. The number of aryl methyl sites for hydroxylation is 2. The van der Waals surface area contributed by atoms with E-state index >= 15 is 0 Å². The summed E-state index contributed by atoms with van der Waals surface area (Å²) >= 11 is 46.7. The average molecular weight is 2230 g/mol. The third-order valence-electron chi connectivity index (χ3n) is 24.7. The number of carbonyl (C=O) groups is 4. The number of carbonyl (C=O) groups excluding carboxylic acids is 1. The Morgan fingerprint density at radius 3 is 1.17 bits per heavy atom. The molecule has 16 rings (SSSR count). The highest BCUT2D eigenvalue weighted by molar-refractivity contribution is 8.13. The molecule has 138 heavy (non-hydrogen) atoms. The highest BCUT2D eigenvalue weighted by atomic mass is 35.7. The molecule has 9 N–H and O–H groups in total. The fraction of sp³-hybridized carbons (Fsp3) is 0.419. The van der Waals surface area contributed by atoms with Crippen molar-refractivity contribution in [3.8, 4) is 0 Å². The quantitative estimate of drug-likeness (QED) is 0.0275. The molecule has 8 aromatic carbocycles. The van der Waals surface area contributed by atoms with Gasteiger partial charge in [-0.3, -0.25) is 19.1 Å². The van der Waals surface area contributed by atoms with E-state index in [2.05, 4.69) is 107 Å². The maximum Gasteiger partial charge on any atom is 0.353 e. The Morgan fingerprint density at radius 1 is 0.478 bits per heavy atom. The number of likely N-dealkylation sites (tertiary alicyclic amines) is 1. The molecule has 0 spiro atoms. The largest absolute Gasteiger partial charge is 0.478 e. The number of imidazole rings is 2. The molecule has 10 aromatic rings. The van der Waals surface area contributed by atoms with Crippen LogP contribution in [0.15, 0.2) is 166 Å². The van der Waals surface area contributed by atoms with Crippen LogP contribution in [0.2, 0.25) is 40.2 Å². The van der Waals surface area contributed by atoms with Crippen molar-refractivity contribution in [2.45, 2.75) is 218 Å². The number of rotatable bonds is 19. The number of carboxylic acid groups (broad SMARTS) is 3. The molecular formula is C93H109Cl12F2N11O16S4. The van der Waals surface area contributed by atoms with Crippen molar-refractivity contribution in [1.82, 2.24) is 48.6 Å². The van der Waals surface area contributed by atoms with Gasteiger partial charge in [0, 0.05) is 81.8 Å². The third kappa shape index (κ3) is 29.9. The maximum atomic E-state index is 14.7. The van der Waals surface area contributed by atoms with E-state index in [1.807, 2.05) is 39.0 Å². The van der Waals surface area contributed by atoms with E-state index in [1.54, 1.807) is 56.0 Å². The minimum Gasteiger partial charge on any atom is -0.478 e. The Balaban J connectivity index is 0.000000224. The van der Waals surface area contributed by atoms with Gasteiger partial charge in [-0.15, -0.1) is 24.8 Å². The van der Waals surface area contributed by atoms with Crippen molar-refractivity contribution in [2.75, 3.05) is 46.3 Å². The number of nitrogens with one attached hydrogen (secondary N) is 3. The Morgan fingerprint density at radius 2 is 0.812 bits per heavy atom. The van der Waals surface area contributed by atoms with Crippen LogP contribution in [0.1, 0.15) is 208 Å². The lowest BCUT2D eigenvalue weighted by molar-refractivity contribution is 0.0604. The van der Waals surface area contributed by atoms with Crippen LogP contribution >= 0.6 is 139 Å². The fourth-order valence-corrected chi connectivity index (χ4v) is 25.3. The molecule has 6 aliphatic rings. The molecule has 754 valence electrons. The van der Waals surface area contributed by atoms with Gasteiger partial charge < -0.3 is 40.4 Å². The second-order valence-corrected chi connectivity index (χ2v) is 47.4. The molecule has 27 nitrogen and oxygen atoms in total. The zero-order valence-electron chi connectivity index (χ0n) is 76.4. The van der Waals surface area contributed by atoms with Gasteiger partial charge in [0.1, 0.15) is 38.0 Å². The number of para-hydroxylation sites is 4. The second-order valence-electron chi connectivity index (χ2n) is 36.1. The number of sulfonamides is 2. The van der Waals surface area contributed by atoms with Crippen LogP contribution in [0.25, 0.3) is 22.1 Å². The summed E-state index contributed by atoms with van der Waals surface area (Å²) in [5.74, 6) is -2.49. The van der Waals surface area contributed by atoms with Crippen LogP contribution < -0.4 is 20.5 Å². The van der Waals surface area contributed by atoms with Gasteiger partial charge in [-0.05, 0) is 298 Å². The number of hydrogen-bond acceptors (Lipinski definition) is 18. The Bertz CT molecular complexity index is 6490. The van der Waals surface area contributed by atoms with Crippen molar-refractivity contribution in [1.29, 1.82) is 0 Å². The number of nitrogens with two attached hydrogens (primary N) is 1. The molecule has 2 aromatic heterocycles. The predicted molar refractivity (Wildman–Crippen MR) is 547 cm³/mol. The lowest BCUT2D eigenvalue weighted by Gasteiger charge is -2.45. The average Bonchev–Trinajstić information content (AvgIpc) is 1.58. The van der Waals surface area contributed by atoms with Crippen molar-refractivity contribution < 1.29 is 81.5 Å². The van der Waals surface area contributed by atoms with Gasteiger partial charge in [0.05, 0.1) is 84.5 Å². The van der Waals surface area contributed by atoms with Gasteiger partial charge in [-0.1, -0.05) is 147 Å². The number of fused-ring (bicyclic) bond motifs is 6. The first-order valence-corrected chi connectivity index (χ1v) is 53.9. The predicted octanol–water partition coefficient (Wildman–Crippen LogP) is 22.2. The van der Waals surface area contributed by atoms with Crippen LogP contribution in [0.4, 0.5) is 8.78 Å². The van der Waals surface area contributed by atoms with E-state index in [-0.39, 0.29) is 104 Å². The van der Waals surface area contributed by atoms with Gasteiger partial charge in [0.15, 0.2) is 0 Å². The molecule has 45 heteroatoms. The normalized spacial score (nSPS) is 19.0. The van der Waals surface area contributed by atoms with Gasteiger partial charge >= 0.3 is 27.2 Å². The molecule has 0 saturated carbocycles. The SMILES string of the molecule is CC(C)(C)N.CC(C)(C)NS(=O)(=O)c1ccc(Cl)c(C(=O)O)c1Cl.CNS(=O)(=O)c1ccc(Cl)c(C(=O)N2CCC(CCN3C4CCC3CC(n3c(C)nc5ccccc53)C4)(c3cccc(F)c3)CC2)c1Cl.Cc1nc2ccccc2n1C1CC2CCC(C1)N2CCC1(c2cccc(F)c2)CCNCC1.Cl.Cl.O=C(O)c1c(Cl)ccc(S(=O)(=O)Cl)c1Cl.O=C(O)c1c(Cl)cccc1Cl.O=S(=O)(O)Cl. The summed E-state index contributed by atoms with van der Waals surface area (Å²) in [5.41, 5.74) is 10.2. The summed E-state index contributed by atoms with van der Waals surface area (Å²) in [4.78, 5) is 61.9. The summed E-state index contributed by atoms with van der Waals surface area (Å²) in [6, 6.07) is 46.2. The molecule has 8 heterocycles. The molecule has 1 amide bonds. The highest BCUT2D eigenvalue weighted by Gasteiger charge is 2.47. The molecule has 6 aliphatic heterocycles. The fourth-order valence-electron chi connectivity index (χ4n) is 18.8. The van der Waals surface area contributed by atoms with E-state index in [0.717, 1.165) is 105 Å². The van der Waals surface area contributed by atoms with Gasteiger partial charge in [0.25, 0.3) is 15.0 Å². The first-order chi connectivity index (χ1) is 63.5. The minimum atomic E-state index is -4.19. The molecule has 6 saturated heterocycles. The number of hydrogen-bond donors (Lipinski definition) is 8. The van der Waals surface area contributed by atoms with E-state index in [9.17, 15) is 53.2 Å². The van der Waals surface area contributed by atoms with E-state index in [0.29, 0.717) is 62.2 Å². The summed E-state index contributed by atoms with van der Waals surface area (Å²) in [7, 11) is -5.72. The standard InChI is InChI=1S/C36H40Cl2FN5O3S.C28H35FN4.C11H13Cl2NO4S.C7H3Cl3O4S.C7H4Cl2O2.C4H11N.ClHO3S.2ClH/c1-23-41-30-8-3-4-9-31(30)44(23)28-21-26-10-11-27(22-28)43(26)19-16-36(24-6-5-7-25(39)20-24)14-17-42(18-15-36)35(45)33-29(37)12-13-32(34(33)38)48(46,47)40-2;1-20-31-26-7-2-3-8-27(26)33(20)25-18-23-9-10-24(19-25)32(23)16-13-28(11-14-30-15-12-28)21-5-4-6-22(29)17-21;1-11(2,3)14-19(17,18)7-5-4-6(12)8(9(7)13)10(15)16;8-3-1-2-4(15(10,13)14)6(9)5(3)7(11)12;8-4-2-1-3-5(9)6(4)7(10)11;1-4(2,3)5;1-5(2,3)4;;/h3-9,12-13,20,26-28,40H,10-11,14-19,21-22H2,1-2H3;2-8,17,23-25,30H,9-16,18-19H2,1H3;4-5,14H,1-3H3,(H,15,16);1-2H,(H,11,12);1-3H,(H,10,11);5H2,1-3H3;(H,2,3,4);2*1H. The van der Waals surface area contributed by atoms with Crippen molar-refractivity contribution in [3.63, 3.8) is 0 Å². The molecular weight excluding hydrogens is 2120 g/mol. The Kier molecular flexibility index (Phi) is 41.3. The third-order valence-corrected chi connectivity index (χ3v) is 32.4. The number of benzene rings is 8. The molecule has 4 atom stereocenters. The van der Waals surface area contributed by atoms with Gasteiger partial charge in [-0.25, -0.2) is 67.8 Å². The van der Waals surface area contributed by atoms with Crippen LogP contribution in [-0.4, -0.2) is 193 Å². The van der Waals surface area contributed by atoms with Crippen LogP contribution in [-0.2, 0) is 49.3 Å². The van der Waals surface area contributed by atoms with Crippen molar-refractivity contribution in [2.24, 2.45) is 5.73 Å². The number of piperidine rings is 4. The second kappa shape index (κ2) is 48.9.